The van der Waals surface area contributed by atoms with Gasteiger partial charge in [0.25, 0.3) is 11.8 Å². The van der Waals surface area contributed by atoms with Gasteiger partial charge in [0, 0.05) is 72.7 Å². The Morgan fingerprint density at radius 3 is 1.53 bits per heavy atom. The van der Waals surface area contributed by atoms with Crippen LogP contribution in [0.15, 0.2) is 48.5 Å². The van der Waals surface area contributed by atoms with Crippen LogP contribution in [0, 0.1) is 23.2 Å². The molecule has 8 atom stereocenters. The van der Waals surface area contributed by atoms with Crippen LogP contribution in [0.4, 0.5) is 0 Å². The van der Waals surface area contributed by atoms with Gasteiger partial charge in [0.15, 0.2) is 0 Å². The second-order valence-electron chi connectivity index (χ2n) is 21.0. The Hall–Kier alpha value is -7.18. The lowest BCUT2D eigenvalue weighted by molar-refractivity contribution is -0.131. The van der Waals surface area contributed by atoms with Crippen LogP contribution in [-0.4, -0.2) is 149 Å². The fourth-order valence-electron chi connectivity index (χ4n) is 10.1. The number of aromatic amines is 2. The number of benzene rings is 2. The third-order valence-corrected chi connectivity index (χ3v) is 13.3. The maximum Gasteiger partial charge on any atom is 0.271 e. The Bertz CT molecular complexity index is 2770. The van der Waals surface area contributed by atoms with E-state index in [9.17, 15) is 38.8 Å². The first-order valence-electron chi connectivity index (χ1n) is 24.7. The molecular formula is C52H68N10O11. The number of likely N-dealkylation sites (tertiary alicyclic amines) is 2. The molecule has 21 nitrogen and oxygen atoms in total. The number of nitrogens with zero attached hydrogens (tertiary/aromatic N) is 3. The van der Waals surface area contributed by atoms with E-state index in [1.807, 2.05) is 71.9 Å². The molecule has 2 aromatic heterocycles. The van der Waals surface area contributed by atoms with Gasteiger partial charge in [-0.3, -0.25) is 33.6 Å². The van der Waals surface area contributed by atoms with E-state index in [0.717, 1.165) is 21.8 Å². The molecule has 0 radical (unpaired) electrons. The maximum atomic E-state index is 13.7. The van der Waals surface area contributed by atoms with Gasteiger partial charge in [-0.15, -0.1) is 0 Å². The van der Waals surface area contributed by atoms with Crippen molar-refractivity contribution in [3.63, 3.8) is 0 Å². The lowest BCUT2D eigenvalue weighted by atomic mass is 9.97. The van der Waals surface area contributed by atoms with E-state index in [2.05, 4.69) is 37.3 Å². The number of rotatable bonds is 15. The Balaban J connectivity index is 0.000000214. The molecule has 0 bridgehead atoms. The molecule has 2 aromatic carbocycles. The van der Waals surface area contributed by atoms with Crippen LogP contribution < -0.4 is 36.5 Å². The summed E-state index contributed by atoms with van der Waals surface area (Å²) >= 11 is 0. The van der Waals surface area contributed by atoms with Crippen molar-refractivity contribution in [3.05, 3.63) is 59.9 Å². The number of hydrogen-bond acceptors (Lipinski definition) is 12. The monoisotopic (exact) mass is 1010 g/mol. The number of fused-ring (bicyclic) bond motifs is 2. The number of nitrogens with one attached hydrogen (secondary N) is 6. The lowest BCUT2D eigenvalue weighted by Crippen LogP contribution is -2.53. The first-order valence-corrected chi connectivity index (χ1v) is 24.7. The molecule has 7 amide bonds. The summed E-state index contributed by atoms with van der Waals surface area (Å²) in [7, 11) is 3.13. The summed E-state index contributed by atoms with van der Waals surface area (Å²) < 4.78 is 23.0. The van der Waals surface area contributed by atoms with Crippen LogP contribution in [0.25, 0.3) is 21.8 Å². The maximum absolute atomic E-state index is 13.7. The number of ether oxygens (including phenoxy) is 4. The van der Waals surface area contributed by atoms with Crippen molar-refractivity contribution in [2.75, 3.05) is 40.4 Å². The Morgan fingerprint density at radius 1 is 0.712 bits per heavy atom. The number of amides is 7. The van der Waals surface area contributed by atoms with Crippen LogP contribution in [0.1, 0.15) is 101 Å². The molecule has 4 saturated heterocycles. The largest absolute Gasteiger partial charge is 0.496 e. The second-order valence-corrected chi connectivity index (χ2v) is 21.0. The molecule has 0 saturated carbocycles. The van der Waals surface area contributed by atoms with Gasteiger partial charge in [-0.25, -0.2) is 0 Å². The molecule has 392 valence electrons. The summed E-state index contributed by atoms with van der Waals surface area (Å²) in [5.41, 5.74) is 6.76. The van der Waals surface area contributed by atoms with Crippen LogP contribution in [0.2, 0.25) is 0 Å². The predicted octanol–water partition coefficient (Wildman–Crippen LogP) is 3.18. The van der Waals surface area contributed by atoms with E-state index < -0.39 is 59.0 Å². The van der Waals surface area contributed by atoms with E-state index in [4.69, 9.17) is 24.7 Å². The van der Waals surface area contributed by atoms with Gasteiger partial charge >= 0.3 is 0 Å². The van der Waals surface area contributed by atoms with E-state index in [1.165, 1.54) is 9.80 Å². The summed E-state index contributed by atoms with van der Waals surface area (Å²) in [6, 6.07) is 12.9. The van der Waals surface area contributed by atoms with Crippen LogP contribution >= 0.6 is 0 Å². The lowest BCUT2D eigenvalue weighted by Gasteiger charge is -2.26. The number of carbonyl (C=O) groups excluding carboxylic acids is 7. The zero-order valence-electron chi connectivity index (χ0n) is 42.7. The predicted molar refractivity (Wildman–Crippen MR) is 268 cm³/mol. The molecule has 8 N–H and O–H groups in total. The third kappa shape index (κ3) is 12.9. The zero-order chi connectivity index (χ0) is 52.9. The number of nitrogens with two attached hydrogens (primary N) is 1. The number of methoxy groups -OCH3 is 2. The highest BCUT2D eigenvalue weighted by Crippen LogP contribution is 2.33. The summed E-state index contributed by atoms with van der Waals surface area (Å²) in [5.74, 6) is -2.09. The molecular weight excluding hydrogens is 941 g/mol. The zero-order valence-corrected chi connectivity index (χ0v) is 42.7. The van der Waals surface area contributed by atoms with Crippen LogP contribution in [0.5, 0.6) is 11.5 Å². The molecule has 0 unspecified atom stereocenters. The van der Waals surface area contributed by atoms with Crippen molar-refractivity contribution >= 4 is 63.2 Å². The van der Waals surface area contributed by atoms with Crippen molar-refractivity contribution in [2.45, 2.75) is 128 Å². The number of carbonyl (C=O) groups is 7. The molecule has 73 heavy (non-hydrogen) atoms. The molecule has 21 heteroatoms. The topological polar surface area (TPSA) is 292 Å². The van der Waals surface area contributed by atoms with Crippen LogP contribution in [0.3, 0.4) is 0 Å². The summed E-state index contributed by atoms with van der Waals surface area (Å²) in [6.45, 7) is 13.0. The Labute approximate surface area is 423 Å². The molecule has 4 aromatic rings. The molecule has 4 fully saturated rings. The van der Waals surface area contributed by atoms with Gasteiger partial charge in [-0.05, 0) is 104 Å². The number of primary amides is 1. The summed E-state index contributed by atoms with van der Waals surface area (Å²) in [4.78, 5) is 99.4. The minimum absolute atomic E-state index is 0.102. The minimum atomic E-state index is -1.03. The average molecular weight is 1010 g/mol. The average Bonchev–Trinajstić information content (AvgIpc) is 4.21. The first kappa shape index (κ1) is 53.6. The quantitative estimate of drug-likeness (QED) is 0.0904. The normalized spacial score (nSPS) is 22.7. The molecule has 0 aliphatic carbocycles. The number of H-pyrrole nitrogens is 2. The molecule has 8 rings (SSSR count). The highest BCUT2D eigenvalue weighted by atomic mass is 16.5. The fourth-order valence-corrected chi connectivity index (χ4v) is 10.1. The third-order valence-electron chi connectivity index (χ3n) is 13.3. The summed E-state index contributed by atoms with van der Waals surface area (Å²) in [6.07, 6.45) is 1.38. The van der Waals surface area contributed by atoms with Crippen molar-refractivity contribution in [2.24, 2.45) is 17.6 Å². The van der Waals surface area contributed by atoms with E-state index in [-0.39, 0.29) is 74.1 Å². The number of aromatic nitrogens is 2. The van der Waals surface area contributed by atoms with E-state index >= 15 is 0 Å². The second kappa shape index (κ2) is 22.3. The van der Waals surface area contributed by atoms with Crippen molar-refractivity contribution in [3.8, 4) is 17.6 Å². The van der Waals surface area contributed by atoms with Gasteiger partial charge in [0.05, 0.1) is 43.7 Å². The smallest absolute Gasteiger partial charge is 0.271 e. The van der Waals surface area contributed by atoms with Crippen molar-refractivity contribution < 1.29 is 52.5 Å². The summed E-state index contributed by atoms with van der Waals surface area (Å²) in [5, 5.41) is 22.1. The SMILES string of the molecule is COc1cccc2[nH]c(C(=O)N3C[C@H](OC(C)(C)C)C[C@H]3C(=O)N[C@@H](C[C@@H]3CCNC3=O)C(N)=O)cc12.COc1cccc2[nH]c(C(=O)N3C[C@H](OC(C)(C)C)C[C@H]3C(=O)N[C@H](C#N)C[C@@H]3CCNC3=O)cc12. The van der Waals surface area contributed by atoms with Crippen molar-refractivity contribution in [1.29, 1.82) is 5.26 Å². The first-order chi connectivity index (χ1) is 34.6. The molecule has 0 spiro atoms. The van der Waals surface area contributed by atoms with Gasteiger partial charge in [0.1, 0.15) is 47.1 Å². The van der Waals surface area contributed by atoms with Gasteiger partial charge < -0.3 is 65.7 Å². The van der Waals surface area contributed by atoms with Crippen LogP contribution in [-0.2, 0) is 33.4 Å². The highest BCUT2D eigenvalue weighted by molar-refractivity contribution is 6.03. The standard InChI is InChI=1S/C26H35N5O6.C26H33N5O5/c1-26(2,3)37-15-11-20(24(34)30-18(22(27)32)10-14-8-9-28-23(14)33)31(13-15)25(35)19-12-16-17(29-19)6-5-7-21(16)36-4;1-26(2,3)36-17-11-21(24(33)29-16(13-27)10-15-8-9-28-23(15)32)31(14-17)25(34)20-12-18-19(30-20)6-5-7-22(18)35-4/h5-7,12,14-15,18,20,29H,8-11,13H2,1-4H3,(H2,27,32)(H,28,33)(H,30,34);5-7,12,15-17,21,30H,8-11,14H2,1-4H3,(H,28,32)(H,29,33)/t14-,15+,18-,20-;15-,16-,17+,21-/m00/s1. The van der Waals surface area contributed by atoms with E-state index in [1.54, 1.807) is 32.4 Å². The van der Waals surface area contributed by atoms with Gasteiger partial charge in [-0.2, -0.15) is 5.26 Å². The Kier molecular flexibility index (Phi) is 16.4. The number of nitriles is 1. The highest BCUT2D eigenvalue weighted by Gasteiger charge is 2.45. The molecule has 4 aliphatic heterocycles. The Morgan fingerprint density at radius 2 is 1.15 bits per heavy atom. The van der Waals surface area contributed by atoms with Crippen molar-refractivity contribution in [1.82, 2.24) is 41.0 Å². The fraction of sp³-hybridized carbons (Fsp3) is 0.538. The van der Waals surface area contributed by atoms with Gasteiger partial charge in [0.2, 0.25) is 29.5 Å². The molecule has 4 aliphatic rings. The van der Waals surface area contributed by atoms with E-state index in [0.29, 0.717) is 55.2 Å². The molecule has 6 heterocycles. The minimum Gasteiger partial charge on any atom is -0.496 e. The number of hydrogen-bond donors (Lipinski definition) is 7. The van der Waals surface area contributed by atoms with Gasteiger partial charge in [-0.1, -0.05) is 12.1 Å².